The average molecular weight is 207 g/mol. The molecule has 0 heterocycles. The van der Waals surface area contributed by atoms with Crippen LogP contribution in [0.25, 0.3) is 0 Å². The summed E-state index contributed by atoms with van der Waals surface area (Å²) in [5.41, 5.74) is 1.06. The maximum absolute atomic E-state index is 9.20. The Morgan fingerprint density at radius 3 is 2.50 bits per heavy atom. The predicted octanol–water partition coefficient (Wildman–Crippen LogP) is 3.52. The van der Waals surface area contributed by atoms with Crippen LogP contribution in [0.2, 0.25) is 0 Å². The van der Waals surface area contributed by atoms with Gasteiger partial charge in [-0.2, -0.15) is 0 Å². The van der Waals surface area contributed by atoms with E-state index in [4.69, 9.17) is 11.6 Å². The SMILES string of the molecule is OC1=CCC(Cl)(c2ccccc2)C=C1. The van der Waals surface area contributed by atoms with E-state index in [1.54, 1.807) is 12.2 Å². The fourth-order valence-corrected chi connectivity index (χ4v) is 1.80. The molecule has 14 heavy (non-hydrogen) atoms. The van der Waals surface area contributed by atoms with Crippen molar-refractivity contribution in [2.24, 2.45) is 0 Å². The quantitative estimate of drug-likeness (QED) is 0.697. The number of halogens is 1. The molecule has 1 N–H and O–H groups in total. The second-order valence-corrected chi connectivity index (χ2v) is 4.07. The Hall–Kier alpha value is -1.21. The van der Waals surface area contributed by atoms with Crippen molar-refractivity contribution in [3.63, 3.8) is 0 Å². The van der Waals surface area contributed by atoms with E-state index in [0.717, 1.165) is 5.56 Å². The van der Waals surface area contributed by atoms with Crippen LogP contribution in [0.15, 0.2) is 54.3 Å². The first-order valence-corrected chi connectivity index (χ1v) is 4.91. The molecule has 0 bridgehead atoms. The van der Waals surface area contributed by atoms with Crippen LogP contribution < -0.4 is 0 Å². The molecule has 0 radical (unpaired) electrons. The minimum atomic E-state index is -0.493. The Labute approximate surface area is 88.3 Å². The van der Waals surface area contributed by atoms with Crippen LogP contribution in [-0.2, 0) is 4.87 Å². The number of aliphatic hydroxyl groups excluding tert-OH is 1. The molecule has 1 nitrogen and oxygen atoms in total. The lowest BCUT2D eigenvalue weighted by molar-refractivity contribution is 0.423. The maximum Gasteiger partial charge on any atom is 0.111 e. The zero-order valence-corrected chi connectivity index (χ0v) is 8.41. The van der Waals surface area contributed by atoms with E-state index in [0.29, 0.717) is 6.42 Å². The van der Waals surface area contributed by atoms with Gasteiger partial charge in [-0.05, 0) is 24.1 Å². The molecule has 1 aliphatic carbocycles. The van der Waals surface area contributed by atoms with E-state index in [1.165, 1.54) is 0 Å². The smallest absolute Gasteiger partial charge is 0.111 e. The van der Waals surface area contributed by atoms with Gasteiger partial charge >= 0.3 is 0 Å². The largest absolute Gasteiger partial charge is 0.508 e. The van der Waals surface area contributed by atoms with Crippen LogP contribution in [0.1, 0.15) is 12.0 Å². The van der Waals surface area contributed by atoms with Gasteiger partial charge in [0, 0.05) is 0 Å². The summed E-state index contributed by atoms with van der Waals surface area (Å²) in [6, 6.07) is 9.88. The number of rotatable bonds is 1. The summed E-state index contributed by atoms with van der Waals surface area (Å²) in [7, 11) is 0. The summed E-state index contributed by atoms with van der Waals surface area (Å²) in [5.74, 6) is 0.289. The molecule has 1 aliphatic rings. The first kappa shape index (κ1) is 9.35. The van der Waals surface area contributed by atoms with Crippen molar-refractivity contribution in [3.05, 3.63) is 59.9 Å². The Bertz CT molecular complexity index is 381. The van der Waals surface area contributed by atoms with Crippen molar-refractivity contribution in [1.29, 1.82) is 0 Å². The molecule has 1 atom stereocenters. The van der Waals surface area contributed by atoms with Gasteiger partial charge in [0.2, 0.25) is 0 Å². The number of aliphatic hydroxyl groups is 1. The molecular weight excluding hydrogens is 196 g/mol. The molecule has 0 aliphatic heterocycles. The van der Waals surface area contributed by atoms with Crippen LogP contribution in [0, 0.1) is 0 Å². The number of hydrogen-bond donors (Lipinski definition) is 1. The van der Waals surface area contributed by atoms with Crippen LogP contribution in [0.4, 0.5) is 0 Å². The van der Waals surface area contributed by atoms with Crippen molar-refractivity contribution >= 4 is 11.6 Å². The molecule has 0 saturated heterocycles. The standard InChI is InChI=1S/C12H11ClO/c13-12(8-6-11(14)7-9-12)10-4-2-1-3-5-10/h1-8,14H,9H2. The van der Waals surface area contributed by atoms with Crippen molar-refractivity contribution in [1.82, 2.24) is 0 Å². The minimum absolute atomic E-state index is 0.289. The van der Waals surface area contributed by atoms with E-state index < -0.39 is 4.87 Å². The van der Waals surface area contributed by atoms with E-state index in [9.17, 15) is 5.11 Å². The maximum atomic E-state index is 9.20. The van der Waals surface area contributed by atoms with Gasteiger partial charge in [0.1, 0.15) is 5.76 Å². The highest BCUT2D eigenvalue weighted by Crippen LogP contribution is 2.37. The topological polar surface area (TPSA) is 20.2 Å². The molecule has 0 spiro atoms. The number of allylic oxidation sites excluding steroid dienone is 3. The first-order chi connectivity index (χ1) is 6.71. The van der Waals surface area contributed by atoms with Crippen molar-refractivity contribution < 1.29 is 5.11 Å². The second kappa shape index (κ2) is 3.50. The lowest BCUT2D eigenvalue weighted by Crippen LogP contribution is -2.16. The van der Waals surface area contributed by atoms with E-state index in [-0.39, 0.29) is 5.76 Å². The zero-order valence-electron chi connectivity index (χ0n) is 7.65. The molecule has 0 aromatic heterocycles. The Morgan fingerprint density at radius 1 is 1.21 bits per heavy atom. The van der Waals surface area contributed by atoms with Gasteiger partial charge in [-0.1, -0.05) is 36.4 Å². The molecular formula is C12H11ClO. The molecule has 0 saturated carbocycles. The summed E-state index contributed by atoms with van der Waals surface area (Å²) in [6.45, 7) is 0. The van der Waals surface area contributed by atoms with Crippen molar-refractivity contribution in [2.45, 2.75) is 11.3 Å². The van der Waals surface area contributed by atoms with Crippen molar-refractivity contribution in [3.8, 4) is 0 Å². The van der Waals surface area contributed by atoms with Gasteiger partial charge in [-0.25, -0.2) is 0 Å². The molecule has 0 fully saturated rings. The van der Waals surface area contributed by atoms with Gasteiger partial charge in [0.05, 0.1) is 4.87 Å². The lowest BCUT2D eigenvalue weighted by atomic mass is 9.91. The fourth-order valence-electron chi connectivity index (χ4n) is 1.54. The van der Waals surface area contributed by atoms with E-state index >= 15 is 0 Å². The summed E-state index contributed by atoms with van der Waals surface area (Å²) in [4.78, 5) is -0.493. The van der Waals surface area contributed by atoms with E-state index in [2.05, 4.69) is 0 Å². The van der Waals surface area contributed by atoms with Gasteiger partial charge in [-0.15, -0.1) is 11.6 Å². The third kappa shape index (κ3) is 1.68. The zero-order chi connectivity index (χ0) is 10.0. The Balaban J connectivity index is 2.32. The third-order valence-corrected chi connectivity index (χ3v) is 2.88. The van der Waals surface area contributed by atoms with Crippen LogP contribution in [-0.4, -0.2) is 5.11 Å². The lowest BCUT2D eigenvalue weighted by Gasteiger charge is -2.24. The monoisotopic (exact) mass is 206 g/mol. The number of benzene rings is 1. The molecule has 1 unspecified atom stereocenters. The number of alkyl halides is 1. The van der Waals surface area contributed by atoms with Gasteiger partial charge in [0.15, 0.2) is 0 Å². The Morgan fingerprint density at radius 2 is 1.93 bits per heavy atom. The Kier molecular flexibility index (Phi) is 2.34. The van der Waals surface area contributed by atoms with Gasteiger partial charge in [-0.3, -0.25) is 0 Å². The predicted molar refractivity (Wildman–Crippen MR) is 58.4 cm³/mol. The summed E-state index contributed by atoms with van der Waals surface area (Å²) in [5, 5.41) is 9.20. The molecule has 72 valence electrons. The molecule has 0 amide bonds. The third-order valence-electron chi connectivity index (χ3n) is 2.38. The van der Waals surface area contributed by atoms with Crippen LogP contribution in [0.5, 0.6) is 0 Å². The van der Waals surface area contributed by atoms with Crippen LogP contribution in [0.3, 0.4) is 0 Å². The highest BCUT2D eigenvalue weighted by Gasteiger charge is 2.27. The summed E-state index contributed by atoms with van der Waals surface area (Å²) < 4.78 is 0. The van der Waals surface area contributed by atoms with E-state index in [1.807, 2.05) is 36.4 Å². The minimum Gasteiger partial charge on any atom is -0.508 e. The first-order valence-electron chi connectivity index (χ1n) is 4.53. The molecule has 1 aromatic carbocycles. The van der Waals surface area contributed by atoms with Gasteiger partial charge < -0.3 is 5.11 Å². The van der Waals surface area contributed by atoms with Crippen molar-refractivity contribution in [2.75, 3.05) is 0 Å². The molecule has 1 aromatic rings. The average Bonchev–Trinajstić information content (AvgIpc) is 2.24. The molecule has 2 rings (SSSR count). The van der Waals surface area contributed by atoms with Gasteiger partial charge in [0.25, 0.3) is 0 Å². The summed E-state index contributed by atoms with van der Waals surface area (Å²) in [6.07, 6.45) is 5.84. The fraction of sp³-hybridized carbons (Fsp3) is 0.167. The van der Waals surface area contributed by atoms with Crippen LogP contribution >= 0.6 is 11.6 Å². The highest BCUT2D eigenvalue weighted by atomic mass is 35.5. The number of hydrogen-bond acceptors (Lipinski definition) is 1. The molecule has 2 heteroatoms. The summed E-state index contributed by atoms with van der Waals surface area (Å²) >= 11 is 6.42. The highest BCUT2D eigenvalue weighted by molar-refractivity contribution is 6.25. The second-order valence-electron chi connectivity index (χ2n) is 3.39. The normalized spacial score (nSPS) is 25.9.